The van der Waals surface area contributed by atoms with Crippen LogP contribution in [-0.4, -0.2) is 63.1 Å². The van der Waals surface area contributed by atoms with Crippen LogP contribution in [0.4, 0.5) is 0 Å². The van der Waals surface area contributed by atoms with Gasteiger partial charge in [-0.15, -0.1) is 0 Å². The normalized spacial score (nSPS) is 18.9. The average molecular weight is 540 g/mol. The summed E-state index contributed by atoms with van der Waals surface area (Å²) in [4.78, 5) is 29.7. The van der Waals surface area contributed by atoms with Gasteiger partial charge >= 0.3 is 0 Å². The van der Waals surface area contributed by atoms with Crippen LogP contribution >= 0.6 is 0 Å². The molecule has 1 fully saturated rings. The molecule has 39 heavy (non-hydrogen) atoms. The number of amides is 2. The van der Waals surface area contributed by atoms with Crippen LogP contribution < -0.4 is 20.5 Å². The van der Waals surface area contributed by atoms with Crippen molar-refractivity contribution in [2.24, 2.45) is 5.73 Å². The SMILES string of the molecule is Cc1ccc(OCC(C)(C)O)c[nH]ncc1C(=O)NC1CCC(Oc2nc3c(cc2C(N)=O)COCC3)CC1. The van der Waals surface area contributed by atoms with Crippen LogP contribution in [0.15, 0.2) is 30.6 Å². The first kappa shape index (κ1) is 28.3. The van der Waals surface area contributed by atoms with Gasteiger partial charge in [0.25, 0.3) is 11.8 Å². The van der Waals surface area contributed by atoms with Crippen molar-refractivity contribution < 1.29 is 28.9 Å². The highest BCUT2D eigenvalue weighted by Gasteiger charge is 2.27. The minimum absolute atomic E-state index is 0.0244. The maximum absolute atomic E-state index is 13.1. The van der Waals surface area contributed by atoms with Gasteiger partial charge in [0.2, 0.25) is 5.88 Å². The maximum atomic E-state index is 13.1. The number of aromatic nitrogens is 3. The number of hydrogen-bond donors (Lipinski definition) is 4. The van der Waals surface area contributed by atoms with E-state index >= 15 is 0 Å². The van der Waals surface area contributed by atoms with Crippen LogP contribution in [0, 0.1) is 6.92 Å². The van der Waals surface area contributed by atoms with E-state index in [1.165, 1.54) is 6.20 Å². The Labute approximate surface area is 227 Å². The monoisotopic (exact) mass is 539 g/mol. The van der Waals surface area contributed by atoms with E-state index in [4.69, 9.17) is 19.9 Å². The lowest BCUT2D eigenvalue weighted by Gasteiger charge is -2.30. The Balaban J connectivity index is 1.37. The van der Waals surface area contributed by atoms with Gasteiger partial charge in [0.05, 0.1) is 42.5 Å². The van der Waals surface area contributed by atoms with E-state index in [0.29, 0.717) is 43.8 Å². The topological polar surface area (TPSA) is 162 Å². The van der Waals surface area contributed by atoms with Gasteiger partial charge in [-0.2, -0.15) is 5.10 Å². The molecule has 0 saturated heterocycles. The van der Waals surface area contributed by atoms with Gasteiger partial charge < -0.3 is 30.4 Å². The van der Waals surface area contributed by atoms with E-state index in [1.807, 2.05) is 6.92 Å². The standard InChI is InChI=1S/C28H37N5O6/c1-17-4-7-21(38-16-28(2,3)36)13-30-31-14-23(17)26(35)32-19-5-8-20(9-6-19)39-27-22(25(29)34)12-18-15-37-11-10-24(18)33-27/h4,7,12-14,19-20,30,36H,5-6,8-11,15-16H2,1-3H3,(H2,29,34)(H,32,35). The third-order valence-corrected chi connectivity index (χ3v) is 6.68. The predicted octanol–water partition coefficient (Wildman–Crippen LogP) is 2.68. The summed E-state index contributed by atoms with van der Waals surface area (Å²) in [6.07, 6.45) is 6.41. The van der Waals surface area contributed by atoms with Crippen molar-refractivity contribution in [3.63, 3.8) is 0 Å². The highest BCUT2D eigenvalue weighted by molar-refractivity contribution is 5.95. The largest absolute Gasteiger partial charge is 0.489 e. The number of fused-ring (bicyclic) bond motifs is 1. The molecule has 5 N–H and O–H groups in total. The number of ether oxygens (including phenoxy) is 3. The molecular weight excluding hydrogens is 502 g/mol. The van der Waals surface area contributed by atoms with Gasteiger partial charge in [0.1, 0.15) is 24.0 Å². The Bertz CT molecular complexity index is 1250. The summed E-state index contributed by atoms with van der Waals surface area (Å²) in [6, 6.07) is 5.20. The molecule has 1 aliphatic heterocycles. The van der Waals surface area contributed by atoms with Gasteiger partial charge in [-0.05, 0) is 64.2 Å². The van der Waals surface area contributed by atoms with Crippen LogP contribution in [0.1, 0.15) is 77.1 Å². The Morgan fingerprint density at radius 3 is 2.72 bits per heavy atom. The fourth-order valence-corrected chi connectivity index (χ4v) is 4.52. The van der Waals surface area contributed by atoms with Gasteiger partial charge in [-0.3, -0.25) is 14.7 Å². The number of carbonyl (C=O) groups excluding carboxylic acids is 2. The highest BCUT2D eigenvalue weighted by Crippen LogP contribution is 2.28. The van der Waals surface area contributed by atoms with Crippen LogP contribution in [0.25, 0.3) is 0 Å². The molecule has 0 atom stereocenters. The minimum Gasteiger partial charge on any atom is -0.489 e. The first-order valence-corrected chi connectivity index (χ1v) is 13.2. The third kappa shape index (κ3) is 7.90. The number of H-pyrrole nitrogens is 1. The fourth-order valence-electron chi connectivity index (χ4n) is 4.52. The molecular formula is C28H37N5O6. The molecule has 0 spiro atoms. The molecule has 2 aliphatic rings. The number of aliphatic hydroxyl groups is 1. The van der Waals surface area contributed by atoms with Crippen LogP contribution in [0.3, 0.4) is 0 Å². The number of aryl methyl sites for hydroxylation is 1. The van der Waals surface area contributed by atoms with E-state index in [-0.39, 0.29) is 36.1 Å². The molecule has 1 saturated carbocycles. The van der Waals surface area contributed by atoms with Crippen molar-refractivity contribution in [2.45, 2.75) is 77.2 Å². The Morgan fingerprint density at radius 1 is 1.23 bits per heavy atom. The number of carbonyl (C=O) groups is 2. The zero-order chi connectivity index (χ0) is 28.0. The number of nitrogens with zero attached hydrogens (tertiary/aromatic N) is 2. The zero-order valence-electron chi connectivity index (χ0n) is 22.7. The van der Waals surface area contributed by atoms with E-state index in [9.17, 15) is 14.7 Å². The first-order chi connectivity index (χ1) is 18.6. The Kier molecular flexibility index (Phi) is 9.03. The zero-order valence-corrected chi connectivity index (χ0v) is 22.7. The van der Waals surface area contributed by atoms with Crippen LogP contribution in [0.5, 0.6) is 11.6 Å². The number of pyridine rings is 1. The molecule has 2 aromatic rings. The quantitative estimate of drug-likeness (QED) is 0.398. The summed E-state index contributed by atoms with van der Waals surface area (Å²) in [5.74, 6) is -0.0452. The lowest BCUT2D eigenvalue weighted by molar-refractivity contribution is 0.0284. The molecule has 0 unspecified atom stereocenters. The number of hydrogen-bond acceptors (Lipinski definition) is 8. The second-order valence-electron chi connectivity index (χ2n) is 10.6. The summed E-state index contributed by atoms with van der Waals surface area (Å²) in [6.45, 7) is 6.25. The van der Waals surface area contributed by atoms with Crippen LogP contribution in [0.2, 0.25) is 0 Å². The van der Waals surface area contributed by atoms with Crippen molar-refractivity contribution in [2.75, 3.05) is 13.2 Å². The molecule has 0 aromatic carbocycles. The molecule has 11 nitrogen and oxygen atoms in total. The average Bonchev–Trinajstić information content (AvgIpc) is 2.98. The smallest absolute Gasteiger partial charge is 0.254 e. The molecule has 11 heteroatoms. The molecule has 3 heterocycles. The van der Waals surface area contributed by atoms with E-state index in [1.54, 1.807) is 38.2 Å². The van der Waals surface area contributed by atoms with Crippen molar-refractivity contribution >= 4 is 11.8 Å². The van der Waals surface area contributed by atoms with E-state index in [0.717, 1.165) is 29.7 Å². The second-order valence-corrected chi connectivity index (χ2v) is 10.6. The van der Waals surface area contributed by atoms with Gasteiger partial charge in [-0.1, -0.05) is 6.07 Å². The number of rotatable bonds is 8. The lowest BCUT2D eigenvalue weighted by atomic mass is 9.92. The summed E-state index contributed by atoms with van der Waals surface area (Å²) in [5, 5.41) is 19.9. The van der Waals surface area contributed by atoms with Crippen molar-refractivity contribution in [3.05, 3.63) is 58.5 Å². The van der Waals surface area contributed by atoms with Gasteiger partial charge in [0, 0.05) is 18.0 Å². The number of primary amides is 1. The van der Waals surface area contributed by atoms with Gasteiger partial charge in [0.15, 0.2) is 0 Å². The third-order valence-electron chi connectivity index (χ3n) is 6.68. The molecule has 0 bridgehead atoms. The number of nitrogens with two attached hydrogens (primary N) is 1. The van der Waals surface area contributed by atoms with Crippen molar-refractivity contribution in [1.29, 1.82) is 0 Å². The Morgan fingerprint density at radius 2 is 2.00 bits per heavy atom. The molecule has 1 aliphatic carbocycles. The summed E-state index contributed by atoms with van der Waals surface area (Å²) in [7, 11) is 0. The fraction of sp³-hybridized carbons (Fsp3) is 0.500. The minimum atomic E-state index is -0.979. The molecule has 0 radical (unpaired) electrons. The summed E-state index contributed by atoms with van der Waals surface area (Å²) < 4.78 is 17.2. The summed E-state index contributed by atoms with van der Waals surface area (Å²) >= 11 is 0. The van der Waals surface area contributed by atoms with Crippen LogP contribution in [-0.2, 0) is 17.8 Å². The predicted molar refractivity (Wildman–Crippen MR) is 143 cm³/mol. The second kappa shape index (κ2) is 12.4. The number of nitrogens with one attached hydrogen (secondary N) is 2. The summed E-state index contributed by atoms with van der Waals surface area (Å²) in [5.41, 5.74) is 7.77. The molecule has 210 valence electrons. The van der Waals surface area contributed by atoms with Crippen molar-refractivity contribution in [1.82, 2.24) is 20.5 Å². The molecule has 4 rings (SSSR count). The van der Waals surface area contributed by atoms with Crippen molar-refractivity contribution in [3.8, 4) is 11.6 Å². The Hall–Kier alpha value is -3.70. The first-order valence-electron chi connectivity index (χ1n) is 13.2. The molecule has 2 aromatic heterocycles. The number of aromatic amines is 1. The van der Waals surface area contributed by atoms with E-state index in [2.05, 4.69) is 20.5 Å². The molecule has 2 amide bonds. The highest BCUT2D eigenvalue weighted by atomic mass is 16.5. The van der Waals surface area contributed by atoms with E-state index < -0.39 is 11.5 Å². The lowest BCUT2D eigenvalue weighted by Crippen LogP contribution is -2.40. The van der Waals surface area contributed by atoms with Gasteiger partial charge in [-0.25, -0.2) is 4.98 Å². The maximum Gasteiger partial charge on any atom is 0.254 e.